The fourth-order valence-corrected chi connectivity index (χ4v) is 3.74. The maximum atomic E-state index is 11.8. The molecular weight excluding hydrogens is 232 g/mol. The monoisotopic (exact) mass is 256 g/mol. The predicted octanol–water partition coefficient (Wildman–Crippen LogP) is 2.90. The standard InChI is InChI=1S/C13H24N2OS/c1-17-12-8-7-11(9-12)15-13(16)14-10-5-3-2-4-6-10/h10-12H,2-9H2,1H3,(H2,14,15,16). The van der Waals surface area contributed by atoms with Gasteiger partial charge >= 0.3 is 6.03 Å². The molecule has 0 aromatic heterocycles. The molecule has 2 rings (SSSR count). The van der Waals surface area contributed by atoms with E-state index in [0.29, 0.717) is 12.1 Å². The second-order valence-electron chi connectivity index (χ2n) is 5.32. The van der Waals surface area contributed by atoms with E-state index in [-0.39, 0.29) is 6.03 Å². The normalized spacial score (nSPS) is 30.2. The zero-order chi connectivity index (χ0) is 12.1. The van der Waals surface area contributed by atoms with Crippen molar-refractivity contribution >= 4 is 17.8 Å². The lowest BCUT2D eigenvalue weighted by Gasteiger charge is -2.24. The van der Waals surface area contributed by atoms with Gasteiger partial charge in [0.25, 0.3) is 0 Å². The molecule has 2 N–H and O–H groups in total. The highest BCUT2D eigenvalue weighted by atomic mass is 32.2. The van der Waals surface area contributed by atoms with Crippen molar-refractivity contribution in [1.29, 1.82) is 0 Å². The molecule has 0 aliphatic heterocycles. The highest BCUT2D eigenvalue weighted by Crippen LogP contribution is 2.28. The van der Waals surface area contributed by atoms with Gasteiger partial charge in [-0.15, -0.1) is 0 Å². The molecule has 2 aliphatic carbocycles. The summed E-state index contributed by atoms with van der Waals surface area (Å²) in [6.07, 6.45) is 11.9. The van der Waals surface area contributed by atoms with E-state index < -0.39 is 0 Å². The second-order valence-corrected chi connectivity index (χ2v) is 6.46. The summed E-state index contributed by atoms with van der Waals surface area (Å²) in [5.74, 6) is 0. The molecule has 0 aromatic carbocycles. The Morgan fingerprint density at radius 3 is 2.35 bits per heavy atom. The summed E-state index contributed by atoms with van der Waals surface area (Å²) in [7, 11) is 0. The maximum Gasteiger partial charge on any atom is 0.315 e. The molecule has 2 unspecified atom stereocenters. The smallest absolute Gasteiger partial charge is 0.315 e. The third-order valence-corrected chi connectivity index (χ3v) is 5.09. The van der Waals surface area contributed by atoms with E-state index in [1.807, 2.05) is 11.8 Å². The van der Waals surface area contributed by atoms with Gasteiger partial charge in [-0.25, -0.2) is 4.79 Å². The molecule has 2 atom stereocenters. The van der Waals surface area contributed by atoms with Crippen LogP contribution in [0.15, 0.2) is 0 Å². The number of hydrogen-bond acceptors (Lipinski definition) is 2. The quantitative estimate of drug-likeness (QED) is 0.815. The SMILES string of the molecule is CSC1CCC(NC(=O)NC2CCCCC2)C1. The Hall–Kier alpha value is -0.380. The van der Waals surface area contributed by atoms with Gasteiger partial charge in [-0.1, -0.05) is 19.3 Å². The molecule has 0 radical (unpaired) electrons. The second kappa shape index (κ2) is 6.53. The Balaban J connectivity index is 1.66. The average molecular weight is 256 g/mol. The molecule has 17 heavy (non-hydrogen) atoms. The minimum absolute atomic E-state index is 0.0589. The van der Waals surface area contributed by atoms with Crippen LogP contribution in [0.5, 0.6) is 0 Å². The average Bonchev–Trinajstić information content (AvgIpc) is 2.78. The Morgan fingerprint density at radius 1 is 1.00 bits per heavy atom. The van der Waals surface area contributed by atoms with Crippen molar-refractivity contribution in [3.63, 3.8) is 0 Å². The van der Waals surface area contributed by atoms with Crippen LogP contribution in [0.4, 0.5) is 4.79 Å². The summed E-state index contributed by atoms with van der Waals surface area (Å²) in [6.45, 7) is 0. The van der Waals surface area contributed by atoms with Crippen LogP contribution in [0.3, 0.4) is 0 Å². The van der Waals surface area contributed by atoms with Gasteiger partial charge in [0.2, 0.25) is 0 Å². The van der Waals surface area contributed by atoms with Gasteiger partial charge in [-0.3, -0.25) is 0 Å². The first-order valence-electron chi connectivity index (χ1n) is 6.87. The maximum absolute atomic E-state index is 11.8. The van der Waals surface area contributed by atoms with E-state index in [4.69, 9.17) is 0 Å². The molecule has 4 heteroatoms. The Bertz CT molecular complexity index is 254. The van der Waals surface area contributed by atoms with Crippen molar-refractivity contribution < 1.29 is 4.79 Å². The summed E-state index contributed by atoms with van der Waals surface area (Å²) in [5, 5.41) is 6.99. The number of carbonyl (C=O) groups excluding carboxylic acids is 1. The van der Waals surface area contributed by atoms with E-state index in [0.717, 1.165) is 30.9 Å². The number of carbonyl (C=O) groups is 1. The third-order valence-electron chi connectivity index (χ3n) is 3.99. The highest BCUT2D eigenvalue weighted by Gasteiger charge is 2.25. The molecular formula is C13H24N2OS. The van der Waals surface area contributed by atoms with Crippen molar-refractivity contribution in [3.05, 3.63) is 0 Å². The minimum Gasteiger partial charge on any atom is -0.335 e. The van der Waals surface area contributed by atoms with Gasteiger partial charge in [0, 0.05) is 17.3 Å². The van der Waals surface area contributed by atoms with Crippen LogP contribution in [-0.2, 0) is 0 Å². The zero-order valence-corrected chi connectivity index (χ0v) is 11.5. The molecule has 0 bridgehead atoms. The van der Waals surface area contributed by atoms with Gasteiger partial charge in [0.15, 0.2) is 0 Å². The van der Waals surface area contributed by atoms with Crippen molar-refractivity contribution in [2.24, 2.45) is 0 Å². The van der Waals surface area contributed by atoms with Crippen molar-refractivity contribution in [2.45, 2.75) is 68.7 Å². The van der Waals surface area contributed by atoms with Crippen LogP contribution < -0.4 is 10.6 Å². The molecule has 3 nitrogen and oxygen atoms in total. The van der Waals surface area contributed by atoms with Crippen molar-refractivity contribution in [2.75, 3.05) is 6.26 Å². The summed E-state index contributed by atoms with van der Waals surface area (Å²) in [5.41, 5.74) is 0. The number of rotatable bonds is 3. The first-order valence-corrected chi connectivity index (χ1v) is 8.16. The van der Waals surface area contributed by atoms with Crippen molar-refractivity contribution in [3.8, 4) is 0 Å². The molecule has 0 spiro atoms. The fourth-order valence-electron chi connectivity index (χ4n) is 2.94. The largest absolute Gasteiger partial charge is 0.335 e. The summed E-state index contributed by atoms with van der Waals surface area (Å²) in [6, 6.07) is 0.876. The Morgan fingerprint density at radius 2 is 1.71 bits per heavy atom. The Kier molecular flexibility index (Phi) is 5.01. The van der Waals surface area contributed by atoms with Gasteiger partial charge in [-0.2, -0.15) is 11.8 Å². The lowest BCUT2D eigenvalue weighted by molar-refractivity contribution is 0.229. The van der Waals surface area contributed by atoms with Crippen molar-refractivity contribution in [1.82, 2.24) is 10.6 Å². The van der Waals surface area contributed by atoms with Gasteiger partial charge < -0.3 is 10.6 Å². The molecule has 2 amide bonds. The van der Waals surface area contributed by atoms with E-state index in [1.54, 1.807) is 0 Å². The number of hydrogen-bond donors (Lipinski definition) is 2. The number of urea groups is 1. The van der Waals surface area contributed by atoms with Crippen LogP contribution in [0.25, 0.3) is 0 Å². The zero-order valence-electron chi connectivity index (χ0n) is 10.7. The molecule has 0 aromatic rings. The lowest BCUT2D eigenvalue weighted by atomic mass is 9.96. The van der Waals surface area contributed by atoms with E-state index in [1.165, 1.54) is 25.7 Å². The predicted molar refractivity (Wildman–Crippen MR) is 73.5 cm³/mol. The topological polar surface area (TPSA) is 41.1 Å². The van der Waals surface area contributed by atoms with Crippen LogP contribution in [0, 0.1) is 0 Å². The highest BCUT2D eigenvalue weighted by molar-refractivity contribution is 7.99. The molecule has 2 saturated carbocycles. The molecule has 0 heterocycles. The van der Waals surface area contributed by atoms with E-state index in [2.05, 4.69) is 16.9 Å². The summed E-state index contributed by atoms with van der Waals surface area (Å²) < 4.78 is 0. The minimum atomic E-state index is 0.0589. The lowest BCUT2D eigenvalue weighted by Crippen LogP contribution is -2.46. The van der Waals surface area contributed by atoms with Gasteiger partial charge in [-0.05, 0) is 38.4 Å². The molecule has 2 aliphatic rings. The number of amides is 2. The van der Waals surface area contributed by atoms with Crippen LogP contribution >= 0.6 is 11.8 Å². The van der Waals surface area contributed by atoms with Gasteiger partial charge in [0.05, 0.1) is 0 Å². The van der Waals surface area contributed by atoms with Crippen LogP contribution in [-0.4, -0.2) is 29.6 Å². The first-order chi connectivity index (χ1) is 8.28. The summed E-state index contributed by atoms with van der Waals surface area (Å²) >= 11 is 1.93. The third kappa shape index (κ3) is 4.09. The Labute approximate surface area is 108 Å². The fraction of sp³-hybridized carbons (Fsp3) is 0.923. The van der Waals surface area contributed by atoms with Crippen LogP contribution in [0.2, 0.25) is 0 Å². The number of nitrogens with one attached hydrogen (secondary N) is 2. The molecule has 98 valence electrons. The van der Waals surface area contributed by atoms with Crippen LogP contribution in [0.1, 0.15) is 51.4 Å². The first kappa shape index (κ1) is 13.1. The molecule has 2 fully saturated rings. The molecule has 0 saturated heterocycles. The van der Waals surface area contributed by atoms with Gasteiger partial charge in [0.1, 0.15) is 0 Å². The number of thioether (sulfide) groups is 1. The summed E-state index contributed by atoms with van der Waals surface area (Å²) in [4.78, 5) is 11.8. The van der Waals surface area contributed by atoms with E-state index >= 15 is 0 Å². The van der Waals surface area contributed by atoms with E-state index in [9.17, 15) is 4.79 Å².